The van der Waals surface area contributed by atoms with Crippen molar-refractivity contribution >= 4 is 27.6 Å². The smallest absolute Gasteiger partial charge is 0.307 e. The Hall–Kier alpha value is -1.10. The number of benzene rings is 1. The molecule has 88 valence electrons. The van der Waals surface area contributed by atoms with Crippen molar-refractivity contribution in [2.75, 3.05) is 12.4 Å². The summed E-state index contributed by atoms with van der Waals surface area (Å²) in [4.78, 5) is 11.0. The first-order valence-electron chi connectivity index (χ1n) is 4.81. The van der Waals surface area contributed by atoms with Gasteiger partial charge in [-0.3, -0.25) is 4.79 Å². The molecule has 0 aliphatic carbocycles. The molecule has 0 aliphatic rings. The zero-order chi connectivity index (χ0) is 12.1. The summed E-state index contributed by atoms with van der Waals surface area (Å²) in [6.45, 7) is 1.83. The number of halogens is 2. The second-order valence-corrected chi connectivity index (χ2v) is 4.31. The number of hydrogen-bond acceptors (Lipinski definition) is 3. The largest absolute Gasteiger partial charge is 0.469 e. The molecule has 1 aromatic rings. The van der Waals surface area contributed by atoms with E-state index >= 15 is 0 Å². The summed E-state index contributed by atoms with van der Waals surface area (Å²) in [7, 11) is 1.34. The summed E-state index contributed by atoms with van der Waals surface area (Å²) in [5.41, 5.74) is 0.636. The predicted molar refractivity (Wildman–Crippen MR) is 63.8 cm³/mol. The van der Waals surface area contributed by atoms with Crippen LogP contribution in [0.4, 0.5) is 10.1 Å². The maximum atomic E-state index is 13.2. The molecule has 1 aromatic carbocycles. The molecule has 0 amide bonds. The second kappa shape index (κ2) is 5.84. The van der Waals surface area contributed by atoms with E-state index in [0.717, 1.165) is 0 Å². The second-order valence-electron chi connectivity index (χ2n) is 3.45. The fourth-order valence-corrected chi connectivity index (χ4v) is 1.50. The van der Waals surface area contributed by atoms with Crippen molar-refractivity contribution in [3.8, 4) is 0 Å². The van der Waals surface area contributed by atoms with Crippen LogP contribution in [0.5, 0.6) is 0 Å². The predicted octanol–water partition coefficient (Wildman–Crippen LogP) is 2.95. The highest BCUT2D eigenvalue weighted by Crippen LogP contribution is 2.20. The summed E-state index contributed by atoms with van der Waals surface area (Å²) in [5.74, 6) is -0.632. The van der Waals surface area contributed by atoms with Crippen LogP contribution in [0, 0.1) is 5.82 Å². The molecule has 1 rings (SSSR count). The van der Waals surface area contributed by atoms with Gasteiger partial charge in [0.1, 0.15) is 5.82 Å². The normalized spacial score (nSPS) is 12.0. The van der Waals surface area contributed by atoms with E-state index in [9.17, 15) is 9.18 Å². The van der Waals surface area contributed by atoms with E-state index in [-0.39, 0.29) is 24.2 Å². The number of methoxy groups -OCH3 is 1. The standard InChI is InChI=1S/C11H13BrFNO2/c1-7(5-11(15)16-2)14-8-3-4-9(12)10(13)6-8/h3-4,6-7,14H,5H2,1-2H3. The van der Waals surface area contributed by atoms with Gasteiger partial charge in [-0.1, -0.05) is 0 Å². The minimum Gasteiger partial charge on any atom is -0.469 e. The third-order valence-electron chi connectivity index (χ3n) is 2.03. The van der Waals surface area contributed by atoms with Gasteiger partial charge in [-0.2, -0.15) is 0 Å². The molecule has 0 radical (unpaired) electrons. The number of hydrogen-bond donors (Lipinski definition) is 1. The van der Waals surface area contributed by atoms with Gasteiger partial charge in [-0.15, -0.1) is 0 Å². The van der Waals surface area contributed by atoms with Gasteiger partial charge in [0.05, 0.1) is 18.0 Å². The fraction of sp³-hybridized carbons (Fsp3) is 0.364. The molecule has 0 saturated carbocycles. The quantitative estimate of drug-likeness (QED) is 0.866. The highest BCUT2D eigenvalue weighted by Gasteiger charge is 2.09. The van der Waals surface area contributed by atoms with Gasteiger partial charge in [0.15, 0.2) is 0 Å². The van der Waals surface area contributed by atoms with Crippen LogP contribution in [0.1, 0.15) is 13.3 Å². The summed E-state index contributed by atoms with van der Waals surface area (Å²) < 4.78 is 18.1. The zero-order valence-electron chi connectivity index (χ0n) is 9.09. The van der Waals surface area contributed by atoms with Gasteiger partial charge in [0, 0.05) is 11.7 Å². The van der Waals surface area contributed by atoms with Gasteiger partial charge >= 0.3 is 5.97 Å². The van der Waals surface area contributed by atoms with E-state index in [1.807, 2.05) is 6.92 Å². The van der Waals surface area contributed by atoms with Crippen molar-refractivity contribution in [2.24, 2.45) is 0 Å². The van der Waals surface area contributed by atoms with Crippen LogP contribution >= 0.6 is 15.9 Å². The molecule has 0 heterocycles. The SMILES string of the molecule is COC(=O)CC(C)Nc1ccc(Br)c(F)c1. The number of ether oxygens (including phenoxy) is 1. The van der Waals surface area contributed by atoms with Gasteiger partial charge in [0.25, 0.3) is 0 Å². The lowest BCUT2D eigenvalue weighted by Gasteiger charge is -2.14. The van der Waals surface area contributed by atoms with E-state index in [0.29, 0.717) is 10.2 Å². The van der Waals surface area contributed by atoms with Gasteiger partial charge < -0.3 is 10.1 Å². The molecule has 0 fully saturated rings. The molecule has 1 atom stereocenters. The number of esters is 1. The van der Waals surface area contributed by atoms with Crippen molar-refractivity contribution in [1.29, 1.82) is 0 Å². The first-order valence-corrected chi connectivity index (χ1v) is 5.60. The van der Waals surface area contributed by atoms with Crippen molar-refractivity contribution < 1.29 is 13.9 Å². The molecule has 0 saturated heterocycles. The van der Waals surface area contributed by atoms with Gasteiger partial charge in [-0.05, 0) is 41.1 Å². The summed E-state index contributed by atoms with van der Waals surface area (Å²) in [6, 6.07) is 4.62. The molecule has 0 spiro atoms. The number of anilines is 1. The van der Waals surface area contributed by atoms with Crippen LogP contribution < -0.4 is 5.32 Å². The molecule has 16 heavy (non-hydrogen) atoms. The molecule has 0 aromatic heterocycles. The average Bonchev–Trinajstić information content (AvgIpc) is 2.23. The first kappa shape index (κ1) is 13.0. The highest BCUT2D eigenvalue weighted by atomic mass is 79.9. The van der Waals surface area contributed by atoms with E-state index in [4.69, 9.17) is 0 Å². The van der Waals surface area contributed by atoms with Crippen LogP contribution in [-0.2, 0) is 9.53 Å². The third-order valence-corrected chi connectivity index (χ3v) is 2.68. The molecule has 3 nitrogen and oxygen atoms in total. The van der Waals surface area contributed by atoms with Crippen molar-refractivity contribution in [3.05, 3.63) is 28.5 Å². The van der Waals surface area contributed by atoms with Crippen molar-refractivity contribution in [3.63, 3.8) is 0 Å². The van der Waals surface area contributed by atoms with Crippen LogP contribution in [0.25, 0.3) is 0 Å². The zero-order valence-corrected chi connectivity index (χ0v) is 10.7. The Morgan fingerprint density at radius 2 is 2.31 bits per heavy atom. The first-order chi connectivity index (χ1) is 7.52. The number of carbonyl (C=O) groups excluding carboxylic acids is 1. The van der Waals surface area contributed by atoms with Gasteiger partial charge in [0.2, 0.25) is 0 Å². The van der Waals surface area contributed by atoms with Crippen LogP contribution in [0.2, 0.25) is 0 Å². The molecule has 0 bridgehead atoms. The Kier molecular flexibility index (Phi) is 4.73. The number of carbonyl (C=O) groups is 1. The molecule has 1 unspecified atom stereocenters. The fourth-order valence-electron chi connectivity index (χ4n) is 1.25. The Labute approximate surface area is 102 Å². The monoisotopic (exact) mass is 289 g/mol. The Bertz CT molecular complexity index is 384. The number of nitrogens with one attached hydrogen (secondary N) is 1. The summed E-state index contributed by atoms with van der Waals surface area (Å²) in [6.07, 6.45) is 0.244. The molecular weight excluding hydrogens is 277 g/mol. The third kappa shape index (κ3) is 3.81. The maximum absolute atomic E-state index is 13.2. The summed E-state index contributed by atoms with van der Waals surface area (Å²) >= 11 is 3.07. The van der Waals surface area contributed by atoms with E-state index in [1.165, 1.54) is 13.2 Å². The van der Waals surface area contributed by atoms with Crippen LogP contribution in [-0.4, -0.2) is 19.1 Å². The lowest BCUT2D eigenvalue weighted by Crippen LogP contribution is -2.20. The van der Waals surface area contributed by atoms with Crippen LogP contribution in [0.15, 0.2) is 22.7 Å². The lowest BCUT2D eigenvalue weighted by atomic mass is 10.2. The van der Waals surface area contributed by atoms with Gasteiger partial charge in [-0.25, -0.2) is 4.39 Å². The van der Waals surface area contributed by atoms with E-state index in [1.54, 1.807) is 12.1 Å². The minimum atomic E-state index is -0.338. The van der Waals surface area contributed by atoms with Crippen molar-refractivity contribution in [1.82, 2.24) is 0 Å². The highest BCUT2D eigenvalue weighted by molar-refractivity contribution is 9.10. The summed E-state index contributed by atoms with van der Waals surface area (Å²) in [5, 5.41) is 3.01. The Morgan fingerprint density at radius 3 is 2.88 bits per heavy atom. The van der Waals surface area contributed by atoms with E-state index in [2.05, 4.69) is 26.0 Å². The minimum absolute atomic E-state index is 0.104. The Balaban J connectivity index is 2.59. The number of rotatable bonds is 4. The maximum Gasteiger partial charge on any atom is 0.307 e. The van der Waals surface area contributed by atoms with Crippen molar-refractivity contribution in [2.45, 2.75) is 19.4 Å². The molecule has 5 heteroatoms. The average molecular weight is 290 g/mol. The molecular formula is C11H13BrFNO2. The van der Waals surface area contributed by atoms with E-state index < -0.39 is 0 Å². The molecule has 1 N–H and O–H groups in total. The topological polar surface area (TPSA) is 38.3 Å². The molecule has 0 aliphatic heterocycles. The lowest BCUT2D eigenvalue weighted by molar-refractivity contribution is -0.140. The van der Waals surface area contributed by atoms with Crippen LogP contribution in [0.3, 0.4) is 0 Å². The Morgan fingerprint density at radius 1 is 1.62 bits per heavy atom.